The summed E-state index contributed by atoms with van der Waals surface area (Å²) in [5.74, 6) is -0.773. The molecule has 1 saturated heterocycles. The molecule has 9 nitrogen and oxygen atoms in total. The van der Waals surface area contributed by atoms with Crippen molar-refractivity contribution in [3.8, 4) is 0 Å². The summed E-state index contributed by atoms with van der Waals surface area (Å²) in [6.45, 7) is 0.781. The van der Waals surface area contributed by atoms with Crippen LogP contribution in [0.3, 0.4) is 0 Å². The third-order valence-electron chi connectivity index (χ3n) is 4.43. The fourth-order valence-corrected chi connectivity index (χ4v) is 4.00. The number of sulfonamides is 1. The highest BCUT2D eigenvalue weighted by Crippen LogP contribution is 2.25. The second-order valence-corrected chi connectivity index (χ2v) is 8.32. The molecule has 10 heteroatoms. The summed E-state index contributed by atoms with van der Waals surface area (Å²) in [6, 6.07) is 3.86. The molecule has 0 aromatic heterocycles. The van der Waals surface area contributed by atoms with E-state index in [1.807, 2.05) is 0 Å². The van der Waals surface area contributed by atoms with Gasteiger partial charge in [0.15, 0.2) is 0 Å². The van der Waals surface area contributed by atoms with Gasteiger partial charge in [0.25, 0.3) is 11.8 Å². The summed E-state index contributed by atoms with van der Waals surface area (Å²) in [5.41, 5.74) is 0.972. The van der Waals surface area contributed by atoms with E-state index >= 15 is 0 Å². The number of urea groups is 1. The number of hydrogen-bond acceptors (Lipinski definition) is 5. The highest BCUT2D eigenvalue weighted by molar-refractivity contribution is 7.88. The molecule has 1 fully saturated rings. The van der Waals surface area contributed by atoms with Crippen LogP contribution < -0.4 is 10.0 Å². The molecule has 0 aliphatic carbocycles. The van der Waals surface area contributed by atoms with Crippen molar-refractivity contribution in [1.82, 2.24) is 14.5 Å². The van der Waals surface area contributed by atoms with Crippen LogP contribution in [0, 0.1) is 0 Å². The lowest BCUT2D eigenvalue weighted by molar-refractivity contribution is 0.0693. The molecular weight excluding hydrogens is 360 g/mol. The number of amides is 4. The van der Waals surface area contributed by atoms with Crippen molar-refractivity contribution in [2.24, 2.45) is 0 Å². The zero-order valence-electron chi connectivity index (χ0n) is 14.5. The van der Waals surface area contributed by atoms with Crippen LogP contribution in [0.25, 0.3) is 0 Å². The fourth-order valence-electron chi connectivity index (χ4n) is 3.20. The van der Waals surface area contributed by atoms with Crippen LogP contribution in [0.4, 0.5) is 10.5 Å². The predicted octanol–water partition coefficient (Wildman–Crippen LogP) is 0.458. The van der Waals surface area contributed by atoms with E-state index in [4.69, 9.17) is 0 Å². The number of rotatable bonds is 3. The van der Waals surface area contributed by atoms with Crippen molar-refractivity contribution in [2.75, 3.05) is 31.7 Å². The Balaban J connectivity index is 1.69. The molecule has 2 aliphatic heterocycles. The zero-order valence-corrected chi connectivity index (χ0v) is 15.3. The standard InChI is InChI=1S/C16H20N4O5S/c1-19-14(21)12-6-5-10(8-13(12)15(19)22)17-16(23)20-7-3-4-11(9-20)18-26(2,24)25/h5-6,8,11,18H,3-4,7,9H2,1-2H3,(H,17,23)/t11-/m1/s1. The molecule has 0 unspecified atom stereocenters. The number of imide groups is 1. The number of piperidine rings is 1. The van der Waals surface area contributed by atoms with Crippen molar-refractivity contribution >= 4 is 33.6 Å². The molecule has 0 radical (unpaired) electrons. The molecule has 2 N–H and O–H groups in total. The molecule has 3 rings (SSSR count). The van der Waals surface area contributed by atoms with Gasteiger partial charge in [-0.3, -0.25) is 14.5 Å². The van der Waals surface area contributed by atoms with Gasteiger partial charge in [-0.15, -0.1) is 0 Å². The minimum atomic E-state index is -3.34. The highest BCUT2D eigenvalue weighted by Gasteiger charge is 2.33. The van der Waals surface area contributed by atoms with Gasteiger partial charge in [0, 0.05) is 31.9 Å². The molecule has 26 heavy (non-hydrogen) atoms. The number of fused-ring (bicyclic) bond motifs is 1. The minimum absolute atomic E-state index is 0.255. The second-order valence-electron chi connectivity index (χ2n) is 6.54. The normalized spacial score (nSPS) is 20.3. The largest absolute Gasteiger partial charge is 0.323 e. The summed E-state index contributed by atoms with van der Waals surface area (Å²) >= 11 is 0. The van der Waals surface area contributed by atoms with Crippen molar-refractivity contribution in [3.05, 3.63) is 29.3 Å². The Morgan fingerprint density at radius 1 is 1.19 bits per heavy atom. The number of carbonyl (C=O) groups is 3. The Bertz CT molecular complexity index is 883. The van der Waals surface area contributed by atoms with E-state index in [0.717, 1.165) is 11.2 Å². The Morgan fingerprint density at radius 3 is 2.58 bits per heavy atom. The van der Waals surface area contributed by atoms with E-state index in [1.54, 1.807) is 6.07 Å². The predicted molar refractivity (Wildman–Crippen MR) is 94.5 cm³/mol. The molecule has 0 spiro atoms. The molecule has 140 valence electrons. The number of nitrogens with zero attached hydrogens (tertiary/aromatic N) is 2. The molecule has 0 saturated carbocycles. The van der Waals surface area contributed by atoms with Gasteiger partial charge in [-0.05, 0) is 31.0 Å². The first-order valence-corrected chi connectivity index (χ1v) is 10.0. The van der Waals surface area contributed by atoms with Gasteiger partial charge in [0.1, 0.15) is 0 Å². The lowest BCUT2D eigenvalue weighted by atomic mass is 10.1. The molecule has 4 amide bonds. The molecule has 1 aromatic rings. The van der Waals surface area contributed by atoms with Crippen molar-refractivity contribution in [2.45, 2.75) is 18.9 Å². The van der Waals surface area contributed by atoms with E-state index in [-0.39, 0.29) is 30.1 Å². The number of carbonyl (C=O) groups excluding carboxylic acids is 3. The smallest absolute Gasteiger partial charge is 0.321 e. The lowest BCUT2D eigenvalue weighted by Gasteiger charge is -2.32. The topological polar surface area (TPSA) is 116 Å². The van der Waals surface area contributed by atoms with Gasteiger partial charge >= 0.3 is 6.03 Å². The van der Waals surface area contributed by atoms with Gasteiger partial charge in [0.2, 0.25) is 10.0 Å². The van der Waals surface area contributed by atoms with Crippen LogP contribution in [-0.2, 0) is 10.0 Å². The van der Waals surface area contributed by atoms with E-state index < -0.39 is 15.9 Å². The monoisotopic (exact) mass is 380 g/mol. The number of benzene rings is 1. The average Bonchev–Trinajstić information content (AvgIpc) is 2.78. The summed E-state index contributed by atoms with van der Waals surface area (Å²) in [6.07, 6.45) is 2.44. The van der Waals surface area contributed by atoms with Crippen molar-refractivity contribution in [3.63, 3.8) is 0 Å². The van der Waals surface area contributed by atoms with Crippen LogP contribution in [-0.4, -0.2) is 68.5 Å². The zero-order chi connectivity index (χ0) is 19.1. The van der Waals surface area contributed by atoms with Crippen LogP contribution in [0.15, 0.2) is 18.2 Å². The SMILES string of the molecule is CN1C(=O)c2ccc(NC(=O)N3CCC[C@@H](NS(C)(=O)=O)C3)cc2C1=O. The first kappa shape index (κ1) is 18.3. The summed E-state index contributed by atoms with van der Waals surface area (Å²) in [5, 5.41) is 2.70. The Hall–Kier alpha value is -2.46. The van der Waals surface area contributed by atoms with Crippen LogP contribution in [0.5, 0.6) is 0 Å². The molecule has 2 heterocycles. The first-order chi connectivity index (χ1) is 12.2. The number of likely N-dealkylation sites (tertiary alicyclic amines) is 1. The molecule has 1 atom stereocenters. The lowest BCUT2D eigenvalue weighted by Crippen LogP contribution is -2.50. The maximum Gasteiger partial charge on any atom is 0.321 e. The maximum absolute atomic E-state index is 12.5. The summed E-state index contributed by atoms with van der Waals surface area (Å²) in [7, 11) is -1.93. The van der Waals surface area contributed by atoms with Gasteiger partial charge in [0.05, 0.1) is 17.4 Å². The van der Waals surface area contributed by atoms with Gasteiger partial charge in [-0.2, -0.15) is 0 Å². The van der Waals surface area contributed by atoms with Gasteiger partial charge in [-0.25, -0.2) is 17.9 Å². The van der Waals surface area contributed by atoms with Gasteiger partial charge in [-0.1, -0.05) is 0 Å². The van der Waals surface area contributed by atoms with Gasteiger partial charge < -0.3 is 10.2 Å². The van der Waals surface area contributed by atoms with E-state index in [2.05, 4.69) is 10.0 Å². The Morgan fingerprint density at radius 2 is 1.88 bits per heavy atom. The Labute approximate surface area is 151 Å². The average molecular weight is 380 g/mol. The quantitative estimate of drug-likeness (QED) is 0.739. The van der Waals surface area contributed by atoms with E-state index in [9.17, 15) is 22.8 Å². The summed E-state index contributed by atoms with van der Waals surface area (Å²) < 4.78 is 25.3. The Kier molecular flexibility index (Phi) is 4.72. The third-order valence-corrected chi connectivity index (χ3v) is 5.19. The molecular formula is C16H20N4O5S. The third kappa shape index (κ3) is 3.70. The van der Waals surface area contributed by atoms with Crippen LogP contribution >= 0.6 is 0 Å². The molecule has 1 aromatic carbocycles. The van der Waals surface area contributed by atoms with Crippen LogP contribution in [0.2, 0.25) is 0 Å². The molecule has 0 bridgehead atoms. The minimum Gasteiger partial charge on any atom is -0.323 e. The number of anilines is 1. The maximum atomic E-state index is 12.5. The van der Waals surface area contributed by atoms with Crippen LogP contribution in [0.1, 0.15) is 33.6 Å². The highest BCUT2D eigenvalue weighted by atomic mass is 32.2. The number of nitrogens with one attached hydrogen (secondary N) is 2. The second kappa shape index (κ2) is 6.69. The van der Waals surface area contributed by atoms with E-state index in [1.165, 1.54) is 24.1 Å². The first-order valence-electron chi connectivity index (χ1n) is 8.15. The van der Waals surface area contributed by atoms with Crippen molar-refractivity contribution in [1.29, 1.82) is 0 Å². The van der Waals surface area contributed by atoms with Crippen molar-refractivity contribution < 1.29 is 22.8 Å². The number of hydrogen-bond donors (Lipinski definition) is 2. The van der Waals surface area contributed by atoms with E-state index in [0.29, 0.717) is 30.6 Å². The molecule has 2 aliphatic rings. The fraction of sp³-hybridized carbons (Fsp3) is 0.438. The summed E-state index contributed by atoms with van der Waals surface area (Å²) in [4.78, 5) is 39.0.